The van der Waals surface area contributed by atoms with E-state index in [0.29, 0.717) is 0 Å². The van der Waals surface area contributed by atoms with Crippen molar-refractivity contribution in [3.8, 4) is 0 Å². The van der Waals surface area contributed by atoms with Gasteiger partial charge in [0.15, 0.2) is 0 Å². The molecule has 12 heavy (non-hydrogen) atoms. The summed E-state index contributed by atoms with van der Waals surface area (Å²) in [6.07, 6.45) is 3.34. The molecule has 1 heterocycles. The van der Waals surface area contributed by atoms with Crippen molar-refractivity contribution in [2.24, 2.45) is 11.3 Å². The zero-order chi connectivity index (χ0) is 8.60. The van der Waals surface area contributed by atoms with Crippen molar-refractivity contribution in [1.29, 1.82) is 0 Å². The summed E-state index contributed by atoms with van der Waals surface area (Å²) in [5.41, 5.74) is 0.283. The summed E-state index contributed by atoms with van der Waals surface area (Å²) >= 11 is 0. The third-order valence-corrected chi connectivity index (χ3v) is 3.20. The van der Waals surface area contributed by atoms with Crippen LogP contribution >= 0.6 is 0 Å². The molecule has 1 aliphatic carbocycles. The lowest BCUT2D eigenvalue weighted by atomic mass is 9.83. The molecular weight excluding hydrogens is 154 g/mol. The molecule has 1 saturated heterocycles. The second kappa shape index (κ2) is 2.73. The molecule has 1 atom stereocenters. The largest absolute Gasteiger partial charge is 0.469 e. The van der Waals surface area contributed by atoms with Crippen LogP contribution in [0.2, 0.25) is 0 Å². The molecule has 68 valence electrons. The fraction of sp³-hybridized carbons (Fsp3) is 0.889. The molecule has 0 bridgehead atoms. The predicted octanol–water partition coefficient (Wildman–Crippen LogP) is 0.549. The van der Waals surface area contributed by atoms with E-state index in [2.05, 4.69) is 5.32 Å². The summed E-state index contributed by atoms with van der Waals surface area (Å²) in [6, 6.07) is 0. The normalized spacial score (nSPS) is 31.6. The smallest absolute Gasteiger partial charge is 0.309 e. The van der Waals surface area contributed by atoms with E-state index in [1.807, 2.05) is 0 Å². The Labute approximate surface area is 72.5 Å². The molecule has 0 radical (unpaired) electrons. The topological polar surface area (TPSA) is 38.3 Å². The number of piperidine rings is 1. The number of carbonyl (C=O) groups excluding carboxylic acids is 1. The van der Waals surface area contributed by atoms with Crippen molar-refractivity contribution in [2.45, 2.75) is 19.3 Å². The van der Waals surface area contributed by atoms with Crippen LogP contribution in [0, 0.1) is 11.3 Å². The standard InChI is InChI=1S/C9H15NO2/c1-12-8(11)7-2-5-10-6-9(7)3-4-9/h7,10H,2-6H2,1H3. The van der Waals surface area contributed by atoms with Crippen molar-refractivity contribution in [2.75, 3.05) is 20.2 Å². The van der Waals surface area contributed by atoms with Crippen molar-refractivity contribution >= 4 is 5.97 Å². The van der Waals surface area contributed by atoms with Gasteiger partial charge in [0.25, 0.3) is 0 Å². The fourth-order valence-corrected chi connectivity index (χ4v) is 2.21. The molecule has 2 aliphatic rings. The average Bonchev–Trinajstić information content (AvgIpc) is 2.85. The van der Waals surface area contributed by atoms with Crippen molar-refractivity contribution in [3.05, 3.63) is 0 Å². The van der Waals surface area contributed by atoms with Crippen LogP contribution in [-0.4, -0.2) is 26.2 Å². The van der Waals surface area contributed by atoms with Crippen LogP contribution in [0.4, 0.5) is 0 Å². The van der Waals surface area contributed by atoms with E-state index in [-0.39, 0.29) is 17.3 Å². The first-order valence-electron chi connectivity index (χ1n) is 4.57. The Hall–Kier alpha value is -0.570. The molecular formula is C9H15NO2. The number of carbonyl (C=O) groups is 1. The van der Waals surface area contributed by atoms with Crippen LogP contribution < -0.4 is 5.32 Å². The van der Waals surface area contributed by atoms with Crippen LogP contribution in [0.15, 0.2) is 0 Å². The first-order valence-corrected chi connectivity index (χ1v) is 4.57. The van der Waals surface area contributed by atoms with Gasteiger partial charge in [-0.3, -0.25) is 4.79 Å². The van der Waals surface area contributed by atoms with Gasteiger partial charge in [-0.15, -0.1) is 0 Å². The first kappa shape index (κ1) is 8.05. The van der Waals surface area contributed by atoms with Gasteiger partial charge < -0.3 is 10.1 Å². The lowest BCUT2D eigenvalue weighted by Crippen LogP contribution is -2.42. The van der Waals surface area contributed by atoms with Gasteiger partial charge in [-0.05, 0) is 31.2 Å². The molecule has 0 aromatic rings. The molecule has 2 fully saturated rings. The van der Waals surface area contributed by atoms with E-state index in [1.165, 1.54) is 20.0 Å². The lowest BCUT2D eigenvalue weighted by Gasteiger charge is -2.30. The zero-order valence-electron chi connectivity index (χ0n) is 7.43. The summed E-state index contributed by atoms with van der Waals surface area (Å²) < 4.78 is 4.80. The third kappa shape index (κ3) is 1.12. The van der Waals surface area contributed by atoms with E-state index in [9.17, 15) is 4.79 Å². The number of hydrogen-bond donors (Lipinski definition) is 1. The van der Waals surface area contributed by atoms with Crippen molar-refractivity contribution in [3.63, 3.8) is 0 Å². The average molecular weight is 169 g/mol. The molecule has 1 saturated carbocycles. The highest BCUT2D eigenvalue weighted by atomic mass is 16.5. The first-order chi connectivity index (χ1) is 5.78. The van der Waals surface area contributed by atoms with Crippen molar-refractivity contribution < 1.29 is 9.53 Å². The second-order valence-electron chi connectivity index (χ2n) is 3.90. The number of nitrogens with one attached hydrogen (secondary N) is 1. The van der Waals surface area contributed by atoms with Gasteiger partial charge in [0, 0.05) is 6.54 Å². The Kier molecular flexibility index (Phi) is 1.83. The summed E-state index contributed by atoms with van der Waals surface area (Å²) in [5, 5.41) is 3.34. The lowest BCUT2D eigenvalue weighted by molar-refractivity contribution is -0.149. The number of ether oxygens (including phenoxy) is 1. The second-order valence-corrected chi connectivity index (χ2v) is 3.90. The molecule has 1 N–H and O–H groups in total. The molecule has 0 amide bonds. The Morgan fingerprint density at radius 2 is 2.33 bits per heavy atom. The minimum Gasteiger partial charge on any atom is -0.469 e. The van der Waals surface area contributed by atoms with Gasteiger partial charge in [0.2, 0.25) is 0 Å². The van der Waals surface area contributed by atoms with Crippen LogP contribution in [0.25, 0.3) is 0 Å². The van der Waals surface area contributed by atoms with Crippen LogP contribution in [0.3, 0.4) is 0 Å². The minimum atomic E-state index is -0.00556. The number of rotatable bonds is 1. The highest BCUT2D eigenvalue weighted by Crippen LogP contribution is 2.54. The molecule has 1 spiro atoms. The van der Waals surface area contributed by atoms with E-state index in [1.54, 1.807) is 0 Å². The van der Waals surface area contributed by atoms with Crippen LogP contribution in [0.1, 0.15) is 19.3 Å². The molecule has 0 aromatic heterocycles. The van der Waals surface area contributed by atoms with Gasteiger partial charge in [0.05, 0.1) is 13.0 Å². The maximum absolute atomic E-state index is 11.4. The van der Waals surface area contributed by atoms with Crippen molar-refractivity contribution in [1.82, 2.24) is 5.32 Å². The Morgan fingerprint density at radius 3 is 2.92 bits per heavy atom. The Morgan fingerprint density at radius 1 is 1.58 bits per heavy atom. The van der Waals surface area contributed by atoms with E-state index >= 15 is 0 Å². The van der Waals surface area contributed by atoms with Gasteiger partial charge in [-0.2, -0.15) is 0 Å². The number of hydrogen-bond acceptors (Lipinski definition) is 3. The third-order valence-electron chi connectivity index (χ3n) is 3.20. The summed E-state index contributed by atoms with van der Waals surface area (Å²) in [5.74, 6) is 0.165. The molecule has 1 aliphatic heterocycles. The van der Waals surface area contributed by atoms with E-state index in [0.717, 1.165) is 19.5 Å². The van der Waals surface area contributed by atoms with Crippen LogP contribution in [0.5, 0.6) is 0 Å². The molecule has 0 aromatic carbocycles. The highest BCUT2D eigenvalue weighted by Gasteiger charge is 2.53. The molecule has 2 rings (SSSR count). The Balaban J connectivity index is 2.06. The fourth-order valence-electron chi connectivity index (χ4n) is 2.21. The van der Waals surface area contributed by atoms with Gasteiger partial charge in [0.1, 0.15) is 0 Å². The molecule has 3 nitrogen and oxygen atoms in total. The molecule has 3 heteroatoms. The highest BCUT2D eigenvalue weighted by molar-refractivity contribution is 5.74. The summed E-state index contributed by atoms with van der Waals surface area (Å²) in [4.78, 5) is 11.4. The minimum absolute atomic E-state index is 0.00556. The number of esters is 1. The van der Waals surface area contributed by atoms with Gasteiger partial charge >= 0.3 is 5.97 Å². The van der Waals surface area contributed by atoms with E-state index < -0.39 is 0 Å². The quantitative estimate of drug-likeness (QED) is 0.582. The summed E-state index contributed by atoms with van der Waals surface area (Å²) in [6.45, 7) is 1.97. The SMILES string of the molecule is COC(=O)C1CCNCC12CC2. The zero-order valence-corrected chi connectivity index (χ0v) is 7.43. The maximum Gasteiger partial charge on any atom is 0.309 e. The number of methoxy groups -OCH3 is 1. The van der Waals surface area contributed by atoms with Gasteiger partial charge in [-0.25, -0.2) is 0 Å². The van der Waals surface area contributed by atoms with Crippen LogP contribution in [-0.2, 0) is 9.53 Å². The summed E-state index contributed by atoms with van der Waals surface area (Å²) in [7, 11) is 1.49. The maximum atomic E-state index is 11.4. The predicted molar refractivity (Wildman–Crippen MR) is 44.7 cm³/mol. The van der Waals surface area contributed by atoms with Gasteiger partial charge in [-0.1, -0.05) is 0 Å². The monoisotopic (exact) mass is 169 g/mol. The van der Waals surface area contributed by atoms with E-state index in [4.69, 9.17) is 4.74 Å². The molecule has 1 unspecified atom stereocenters. The Bertz CT molecular complexity index is 199.